The van der Waals surface area contributed by atoms with Crippen molar-refractivity contribution in [2.75, 3.05) is 18.5 Å². The molecular formula is C24H26Cl2N4O5. The number of aliphatic carboxylic acids is 1. The summed E-state index contributed by atoms with van der Waals surface area (Å²) in [6, 6.07) is 11.9. The number of aromatic nitrogens is 2. The second-order valence-corrected chi connectivity index (χ2v) is 8.61. The summed E-state index contributed by atoms with van der Waals surface area (Å²) in [5.74, 6) is -1.05. The van der Waals surface area contributed by atoms with Crippen molar-refractivity contribution < 1.29 is 23.8 Å². The van der Waals surface area contributed by atoms with Crippen LogP contribution in [0.1, 0.15) is 43.0 Å². The van der Waals surface area contributed by atoms with Gasteiger partial charge in [-0.15, -0.1) is 5.10 Å². The third-order valence-electron chi connectivity index (χ3n) is 5.02. The minimum atomic E-state index is -0.962. The van der Waals surface area contributed by atoms with E-state index < -0.39 is 5.97 Å². The van der Waals surface area contributed by atoms with Crippen molar-refractivity contribution in [3.63, 3.8) is 0 Å². The lowest BCUT2D eigenvalue weighted by Crippen LogP contribution is -2.27. The van der Waals surface area contributed by atoms with Gasteiger partial charge in [0.15, 0.2) is 0 Å². The zero-order chi connectivity index (χ0) is 25.2. The third-order valence-corrected chi connectivity index (χ3v) is 5.57. The van der Waals surface area contributed by atoms with Gasteiger partial charge in [0.1, 0.15) is 6.61 Å². The number of ether oxygens (including phenoxy) is 1. The van der Waals surface area contributed by atoms with Crippen LogP contribution >= 0.6 is 23.2 Å². The molecule has 1 atom stereocenters. The van der Waals surface area contributed by atoms with E-state index in [1.807, 2.05) is 0 Å². The van der Waals surface area contributed by atoms with Crippen LogP contribution in [0.25, 0.3) is 11.5 Å². The van der Waals surface area contributed by atoms with Gasteiger partial charge in [0.25, 0.3) is 11.8 Å². The van der Waals surface area contributed by atoms with Crippen molar-refractivity contribution >= 4 is 40.8 Å². The highest BCUT2D eigenvalue weighted by atomic mass is 35.5. The second kappa shape index (κ2) is 13.0. The van der Waals surface area contributed by atoms with Gasteiger partial charge in [-0.1, -0.05) is 48.1 Å². The molecule has 11 heteroatoms. The van der Waals surface area contributed by atoms with E-state index in [1.165, 1.54) is 0 Å². The second-order valence-electron chi connectivity index (χ2n) is 7.77. The van der Waals surface area contributed by atoms with Crippen LogP contribution in [0.2, 0.25) is 10.0 Å². The first-order valence-corrected chi connectivity index (χ1v) is 11.9. The highest BCUT2D eigenvalue weighted by molar-refractivity contribution is 6.36. The topological polar surface area (TPSA) is 127 Å². The van der Waals surface area contributed by atoms with Crippen LogP contribution in [0.4, 0.5) is 5.69 Å². The summed E-state index contributed by atoms with van der Waals surface area (Å²) in [6.07, 6.45) is 2.76. The van der Waals surface area contributed by atoms with E-state index in [2.05, 4.69) is 27.8 Å². The molecule has 35 heavy (non-hydrogen) atoms. The molecule has 3 aromatic rings. The number of benzene rings is 2. The van der Waals surface area contributed by atoms with Gasteiger partial charge in [-0.05, 0) is 48.9 Å². The number of anilines is 1. The average Bonchev–Trinajstić information content (AvgIpc) is 3.29. The standard InChI is InChI=1S/C24H26Cl2N4O5/c1-2-3-4-18(28-17-8-5-15(6-9-17)22(33)27-12-11-21(31)32)14-34-24-30-29-23(35-24)19-10-7-16(25)13-20(19)26/h5-10,13,18,28H,2-4,11-12,14H2,1H3,(H,27,33)(H,31,32)/t18-/m0/s1. The minimum absolute atomic E-state index is 0.0303. The molecule has 186 valence electrons. The molecule has 0 aliphatic heterocycles. The Labute approximate surface area is 212 Å². The molecule has 0 aliphatic rings. The third kappa shape index (κ3) is 8.15. The summed E-state index contributed by atoms with van der Waals surface area (Å²) >= 11 is 12.1. The van der Waals surface area contributed by atoms with Gasteiger partial charge in [-0.2, -0.15) is 0 Å². The van der Waals surface area contributed by atoms with E-state index in [0.29, 0.717) is 21.2 Å². The van der Waals surface area contributed by atoms with Crippen LogP contribution < -0.4 is 15.4 Å². The van der Waals surface area contributed by atoms with Crippen molar-refractivity contribution in [2.24, 2.45) is 0 Å². The fourth-order valence-electron chi connectivity index (χ4n) is 3.20. The van der Waals surface area contributed by atoms with Crippen LogP contribution in [0.3, 0.4) is 0 Å². The van der Waals surface area contributed by atoms with Crippen molar-refractivity contribution in [1.82, 2.24) is 15.5 Å². The van der Waals surface area contributed by atoms with E-state index >= 15 is 0 Å². The molecule has 0 saturated heterocycles. The van der Waals surface area contributed by atoms with Gasteiger partial charge in [-0.25, -0.2) is 0 Å². The Morgan fingerprint density at radius 1 is 1.14 bits per heavy atom. The number of rotatable bonds is 13. The number of carbonyl (C=O) groups is 2. The first-order valence-electron chi connectivity index (χ1n) is 11.1. The first-order chi connectivity index (χ1) is 16.9. The number of carbonyl (C=O) groups excluding carboxylic acids is 1. The smallest absolute Gasteiger partial charge is 0.414 e. The normalized spacial score (nSPS) is 11.6. The molecule has 3 N–H and O–H groups in total. The predicted molar refractivity (Wildman–Crippen MR) is 133 cm³/mol. The maximum absolute atomic E-state index is 12.1. The van der Waals surface area contributed by atoms with E-state index in [1.54, 1.807) is 42.5 Å². The number of nitrogens with one attached hydrogen (secondary N) is 2. The Bertz CT molecular complexity index is 1140. The highest BCUT2D eigenvalue weighted by Crippen LogP contribution is 2.30. The predicted octanol–water partition coefficient (Wildman–Crippen LogP) is 5.30. The molecule has 0 aliphatic carbocycles. The monoisotopic (exact) mass is 520 g/mol. The molecule has 1 amide bonds. The van der Waals surface area contributed by atoms with Gasteiger partial charge < -0.3 is 24.9 Å². The zero-order valence-corrected chi connectivity index (χ0v) is 20.6. The first kappa shape index (κ1) is 26.3. The molecule has 2 aromatic carbocycles. The molecule has 0 fully saturated rings. The van der Waals surface area contributed by atoms with Gasteiger partial charge in [-0.3, -0.25) is 9.59 Å². The largest absolute Gasteiger partial charge is 0.481 e. The van der Waals surface area contributed by atoms with Gasteiger partial charge in [0.2, 0.25) is 0 Å². The number of nitrogens with zero attached hydrogens (tertiary/aromatic N) is 2. The number of carboxylic acids is 1. The zero-order valence-electron chi connectivity index (χ0n) is 19.1. The SMILES string of the molecule is CCCC[C@@H](COc1nnc(-c2ccc(Cl)cc2Cl)o1)Nc1ccc(C(=O)NCCC(=O)O)cc1. The molecule has 0 bridgehead atoms. The fourth-order valence-corrected chi connectivity index (χ4v) is 3.69. The quantitative estimate of drug-likeness (QED) is 0.277. The molecule has 1 heterocycles. The summed E-state index contributed by atoms with van der Waals surface area (Å²) in [4.78, 5) is 22.7. The lowest BCUT2D eigenvalue weighted by atomic mass is 10.1. The summed E-state index contributed by atoms with van der Waals surface area (Å²) in [7, 11) is 0. The van der Waals surface area contributed by atoms with E-state index in [0.717, 1.165) is 24.9 Å². The summed E-state index contributed by atoms with van der Waals surface area (Å²) in [5, 5.41) is 23.5. The summed E-state index contributed by atoms with van der Waals surface area (Å²) in [6.45, 7) is 2.47. The number of carboxylic acid groups (broad SMARTS) is 1. The van der Waals surface area contributed by atoms with Crippen molar-refractivity contribution in [3.05, 3.63) is 58.1 Å². The fraction of sp³-hybridized carbons (Fsp3) is 0.333. The van der Waals surface area contributed by atoms with Crippen molar-refractivity contribution in [3.8, 4) is 17.5 Å². The maximum Gasteiger partial charge on any atom is 0.414 e. The van der Waals surface area contributed by atoms with Crippen molar-refractivity contribution in [2.45, 2.75) is 38.6 Å². The number of halogens is 2. The average molecular weight is 521 g/mol. The summed E-state index contributed by atoms with van der Waals surface area (Å²) < 4.78 is 11.3. The van der Waals surface area contributed by atoms with Crippen LogP contribution in [-0.2, 0) is 4.79 Å². The van der Waals surface area contributed by atoms with Crippen LogP contribution in [0.5, 0.6) is 6.08 Å². The van der Waals surface area contributed by atoms with Crippen LogP contribution in [-0.4, -0.2) is 46.4 Å². The molecule has 0 saturated carbocycles. The molecule has 9 nitrogen and oxygen atoms in total. The van der Waals surface area contributed by atoms with E-state index in [9.17, 15) is 9.59 Å². The highest BCUT2D eigenvalue weighted by Gasteiger charge is 2.16. The number of unbranched alkanes of at least 4 members (excludes halogenated alkanes) is 1. The minimum Gasteiger partial charge on any atom is -0.481 e. The molecule has 0 spiro atoms. The van der Waals surface area contributed by atoms with Crippen LogP contribution in [0.15, 0.2) is 46.9 Å². The van der Waals surface area contributed by atoms with Gasteiger partial charge in [0, 0.05) is 22.8 Å². The Balaban J connectivity index is 1.58. The Morgan fingerprint density at radius 3 is 2.60 bits per heavy atom. The Hall–Kier alpha value is -3.30. The lowest BCUT2D eigenvalue weighted by Gasteiger charge is -2.19. The number of hydrogen-bond donors (Lipinski definition) is 3. The van der Waals surface area contributed by atoms with Crippen LogP contribution in [0, 0.1) is 0 Å². The molecule has 1 aromatic heterocycles. The Kier molecular flexibility index (Phi) is 9.75. The molecular weight excluding hydrogens is 495 g/mol. The Morgan fingerprint density at radius 2 is 1.91 bits per heavy atom. The van der Waals surface area contributed by atoms with E-state index in [4.69, 9.17) is 37.5 Å². The van der Waals surface area contributed by atoms with E-state index in [-0.39, 0.29) is 43.5 Å². The van der Waals surface area contributed by atoms with Gasteiger partial charge >= 0.3 is 12.0 Å². The van der Waals surface area contributed by atoms with Crippen molar-refractivity contribution in [1.29, 1.82) is 0 Å². The molecule has 0 radical (unpaired) electrons. The maximum atomic E-state index is 12.1. The number of amides is 1. The van der Waals surface area contributed by atoms with Gasteiger partial charge in [0.05, 0.1) is 23.0 Å². The molecule has 3 rings (SSSR count). The molecule has 0 unspecified atom stereocenters. The number of hydrogen-bond acceptors (Lipinski definition) is 7. The lowest BCUT2D eigenvalue weighted by molar-refractivity contribution is -0.136. The summed E-state index contributed by atoms with van der Waals surface area (Å²) in [5.41, 5.74) is 1.82.